The summed E-state index contributed by atoms with van der Waals surface area (Å²) in [7, 11) is 0. The molecular formula is C27H33N3O2. The molecule has 0 aliphatic carbocycles. The van der Waals surface area contributed by atoms with Crippen LogP contribution in [0.5, 0.6) is 0 Å². The van der Waals surface area contributed by atoms with Crippen LogP contribution in [-0.4, -0.2) is 36.3 Å². The lowest BCUT2D eigenvalue weighted by molar-refractivity contribution is -0.137. The number of aryl methyl sites for hydroxylation is 2. The van der Waals surface area contributed by atoms with Crippen LogP contribution >= 0.6 is 0 Å². The highest BCUT2D eigenvalue weighted by Crippen LogP contribution is 2.32. The molecule has 1 N–H and O–H groups in total. The van der Waals surface area contributed by atoms with E-state index in [0.29, 0.717) is 17.8 Å². The van der Waals surface area contributed by atoms with Gasteiger partial charge in [-0.25, -0.2) is 0 Å². The second kappa shape index (κ2) is 9.19. The van der Waals surface area contributed by atoms with Crippen molar-refractivity contribution >= 4 is 28.8 Å². The van der Waals surface area contributed by atoms with Gasteiger partial charge in [-0.15, -0.1) is 0 Å². The minimum atomic E-state index is -0.253. The average Bonchev–Trinajstić information content (AvgIpc) is 3.01. The van der Waals surface area contributed by atoms with E-state index in [2.05, 4.69) is 22.3 Å². The lowest BCUT2D eigenvalue weighted by atomic mass is 9.99. The van der Waals surface area contributed by atoms with Gasteiger partial charge in [0.15, 0.2) is 0 Å². The maximum absolute atomic E-state index is 13.3. The number of carbonyl (C=O) groups is 2. The van der Waals surface area contributed by atoms with Crippen LogP contribution in [0.4, 0.5) is 11.4 Å². The summed E-state index contributed by atoms with van der Waals surface area (Å²) in [5, 5.41) is 3.29. The number of hydrogen-bond acceptors (Lipinski definition) is 4. The molecule has 5 nitrogen and oxygen atoms in total. The topological polar surface area (TPSA) is 52.7 Å². The Bertz CT molecular complexity index is 1050. The summed E-state index contributed by atoms with van der Waals surface area (Å²) in [4.78, 5) is 30.4. The molecule has 2 aromatic carbocycles. The van der Waals surface area contributed by atoms with Crippen LogP contribution in [0, 0.1) is 19.8 Å². The van der Waals surface area contributed by atoms with Gasteiger partial charge in [-0.2, -0.15) is 0 Å². The molecule has 32 heavy (non-hydrogen) atoms. The Labute approximate surface area is 191 Å². The fourth-order valence-electron chi connectivity index (χ4n) is 4.44. The van der Waals surface area contributed by atoms with E-state index in [1.54, 1.807) is 0 Å². The summed E-state index contributed by atoms with van der Waals surface area (Å²) in [6.07, 6.45) is 3.76. The fraction of sp³-hybridized carbons (Fsp3) is 0.407. The van der Waals surface area contributed by atoms with Crippen molar-refractivity contribution in [3.05, 3.63) is 64.9 Å². The third-order valence-electron chi connectivity index (χ3n) is 6.37. The largest absolute Gasteiger partial charge is 0.372 e. The number of imide groups is 1. The SMILES string of the molecule is Cc1ccc(C2=C(Nc3ccc(N4CCCCC4)cc3)C(=O)N(CC(C)C)C2=O)cc1C. The van der Waals surface area contributed by atoms with Crippen molar-refractivity contribution in [3.63, 3.8) is 0 Å². The van der Waals surface area contributed by atoms with E-state index in [1.807, 2.05) is 58.0 Å². The second-order valence-electron chi connectivity index (χ2n) is 9.38. The third-order valence-corrected chi connectivity index (χ3v) is 6.37. The van der Waals surface area contributed by atoms with Gasteiger partial charge >= 0.3 is 0 Å². The molecule has 2 aliphatic rings. The van der Waals surface area contributed by atoms with Crippen molar-refractivity contribution in [1.82, 2.24) is 4.90 Å². The van der Waals surface area contributed by atoms with Crippen LogP contribution in [-0.2, 0) is 9.59 Å². The minimum absolute atomic E-state index is 0.201. The summed E-state index contributed by atoms with van der Waals surface area (Å²) in [5.41, 5.74) is 5.88. The van der Waals surface area contributed by atoms with Crippen molar-refractivity contribution in [2.24, 2.45) is 5.92 Å². The van der Waals surface area contributed by atoms with Gasteiger partial charge < -0.3 is 10.2 Å². The van der Waals surface area contributed by atoms with Crippen LogP contribution in [0.3, 0.4) is 0 Å². The Morgan fingerprint density at radius 2 is 1.56 bits per heavy atom. The van der Waals surface area contributed by atoms with E-state index in [9.17, 15) is 9.59 Å². The first-order valence-electron chi connectivity index (χ1n) is 11.7. The molecule has 0 unspecified atom stereocenters. The minimum Gasteiger partial charge on any atom is -0.372 e. The third kappa shape index (κ3) is 4.43. The van der Waals surface area contributed by atoms with Crippen molar-refractivity contribution in [3.8, 4) is 0 Å². The summed E-state index contributed by atoms with van der Waals surface area (Å²) in [6, 6.07) is 14.1. The molecule has 1 fully saturated rings. The number of nitrogens with zero attached hydrogens (tertiary/aromatic N) is 2. The Morgan fingerprint density at radius 1 is 0.875 bits per heavy atom. The molecule has 2 heterocycles. The van der Waals surface area contributed by atoms with Crippen LogP contribution in [0.1, 0.15) is 49.8 Å². The Balaban J connectivity index is 1.66. The lowest BCUT2D eigenvalue weighted by Crippen LogP contribution is -2.35. The molecular weight excluding hydrogens is 398 g/mol. The zero-order valence-corrected chi connectivity index (χ0v) is 19.6. The second-order valence-corrected chi connectivity index (χ2v) is 9.38. The predicted molar refractivity (Wildman–Crippen MR) is 131 cm³/mol. The fourth-order valence-corrected chi connectivity index (χ4v) is 4.44. The average molecular weight is 432 g/mol. The van der Waals surface area contributed by atoms with Gasteiger partial charge in [-0.1, -0.05) is 32.0 Å². The van der Waals surface area contributed by atoms with Crippen molar-refractivity contribution in [2.75, 3.05) is 29.9 Å². The zero-order chi connectivity index (χ0) is 22.8. The van der Waals surface area contributed by atoms with Gasteiger partial charge in [0.2, 0.25) is 0 Å². The molecule has 2 amide bonds. The maximum atomic E-state index is 13.3. The Hall–Kier alpha value is -3.08. The van der Waals surface area contributed by atoms with E-state index in [1.165, 1.54) is 29.8 Å². The highest BCUT2D eigenvalue weighted by atomic mass is 16.2. The molecule has 4 rings (SSSR count). The number of hydrogen-bond donors (Lipinski definition) is 1. The predicted octanol–water partition coefficient (Wildman–Crippen LogP) is 5.14. The van der Waals surface area contributed by atoms with Crippen LogP contribution < -0.4 is 10.2 Å². The quantitative estimate of drug-likeness (QED) is 0.644. The first-order valence-corrected chi connectivity index (χ1v) is 11.7. The molecule has 2 aliphatic heterocycles. The monoisotopic (exact) mass is 431 g/mol. The maximum Gasteiger partial charge on any atom is 0.278 e. The Morgan fingerprint density at radius 3 is 2.19 bits per heavy atom. The van der Waals surface area contributed by atoms with Gasteiger partial charge in [0, 0.05) is 31.0 Å². The van der Waals surface area contributed by atoms with Crippen molar-refractivity contribution in [1.29, 1.82) is 0 Å². The number of benzene rings is 2. The molecule has 0 radical (unpaired) electrons. The van der Waals surface area contributed by atoms with E-state index in [0.717, 1.165) is 35.5 Å². The normalized spacial score (nSPS) is 17.0. The molecule has 0 atom stereocenters. The van der Waals surface area contributed by atoms with Crippen LogP contribution in [0.2, 0.25) is 0 Å². The number of rotatable bonds is 6. The lowest BCUT2D eigenvalue weighted by Gasteiger charge is -2.28. The summed E-state index contributed by atoms with van der Waals surface area (Å²) < 4.78 is 0. The first kappa shape index (κ1) is 22.1. The first-order chi connectivity index (χ1) is 15.3. The molecule has 0 spiro atoms. The molecule has 168 valence electrons. The number of amides is 2. The number of piperidine rings is 1. The van der Waals surface area contributed by atoms with Crippen molar-refractivity contribution < 1.29 is 9.59 Å². The molecule has 0 bridgehead atoms. The van der Waals surface area contributed by atoms with Crippen LogP contribution in [0.15, 0.2) is 48.2 Å². The summed E-state index contributed by atoms with van der Waals surface area (Å²) in [6.45, 7) is 10.7. The van der Waals surface area contributed by atoms with Gasteiger partial charge in [-0.3, -0.25) is 14.5 Å². The van der Waals surface area contributed by atoms with E-state index >= 15 is 0 Å². The van der Waals surface area contributed by atoms with Gasteiger partial charge in [0.25, 0.3) is 11.8 Å². The molecule has 5 heteroatoms. The van der Waals surface area contributed by atoms with E-state index < -0.39 is 0 Å². The Kier molecular flexibility index (Phi) is 6.35. The summed E-state index contributed by atoms with van der Waals surface area (Å²) >= 11 is 0. The molecule has 1 saturated heterocycles. The number of anilines is 2. The van der Waals surface area contributed by atoms with Crippen LogP contribution in [0.25, 0.3) is 5.57 Å². The zero-order valence-electron chi connectivity index (χ0n) is 19.6. The number of carbonyl (C=O) groups excluding carboxylic acids is 2. The highest BCUT2D eigenvalue weighted by molar-refractivity contribution is 6.36. The molecule has 0 aromatic heterocycles. The summed E-state index contributed by atoms with van der Waals surface area (Å²) in [5.74, 6) is -0.275. The van der Waals surface area contributed by atoms with Gasteiger partial charge in [0.05, 0.1) is 5.57 Å². The van der Waals surface area contributed by atoms with E-state index in [-0.39, 0.29) is 17.7 Å². The van der Waals surface area contributed by atoms with Gasteiger partial charge in [-0.05, 0) is 80.0 Å². The van der Waals surface area contributed by atoms with Gasteiger partial charge in [0.1, 0.15) is 5.70 Å². The number of nitrogens with one attached hydrogen (secondary N) is 1. The highest BCUT2D eigenvalue weighted by Gasteiger charge is 2.39. The smallest absolute Gasteiger partial charge is 0.278 e. The molecule has 0 saturated carbocycles. The van der Waals surface area contributed by atoms with E-state index in [4.69, 9.17) is 0 Å². The standard InChI is InChI=1S/C27H33N3O2/c1-18(2)17-30-26(31)24(21-9-8-19(3)20(4)16-21)25(27(30)32)28-22-10-12-23(13-11-22)29-14-6-5-7-15-29/h8-13,16,18,28H,5-7,14-15,17H2,1-4H3. The van der Waals surface area contributed by atoms with Crippen molar-refractivity contribution in [2.45, 2.75) is 47.0 Å². The molecule has 2 aromatic rings.